The number of nitrogens with zero attached hydrogens (tertiary/aromatic N) is 2. The molecule has 11 aromatic rings. The summed E-state index contributed by atoms with van der Waals surface area (Å²) < 4.78 is 2.48. The van der Waals surface area contributed by atoms with Gasteiger partial charge in [-0.3, -0.25) is 0 Å². The summed E-state index contributed by atoms with van der Waals surface area (Å²) in [5, 5.41) is 5.09. The maximum absolute atomic E-state index is 2.48. The van der Waals surface area contributed by atoms with Crippen molar-refractivity contribution in [1.29, 1.82) is 0 Å². The van der Waals surface area contributed by atoms with E-state index in [-0.39, 0.29) is 10.8 Å². The zero-order valence-corrected chi connectivity index (χ0v) is 35.4. The lowest BCUT2D eigenvalue weighted by Crippen LogP contribution is -2.14. The van der Waals surface area contributed by atoms with Crippen LogP contribution in [-0.4, -0.2) is 4.40 Å². The van der Waals surface area contributed by atoms with Crippen LogP contribution in [0.2, 0.25) is 0 Å². The summed E-state index contributed by atoms with van der Waals surface area (Å²) in [5.41, 5.74) is 23.0. The van der Waals surface area contributed by atoms with Gasteiger partial charge in [-0.05, 0) is 121 Å². The third-order valence-electron chi connectivity index (χ3n) is 14.6. The molecule has 2 aliphatic carbocycles. The highest BCUT2D eigenvalue weighted by Crippen LogP contribution is 2.52. The molecule has 2 aliphatic rings. The molecule has 0 spiro atoms. The van der Waals surface area contributed by atoms with Gasteiger partial charge < -0.3 is 9.30 Å². The highest BCUT2D eigenvalue weighted by molar-refractivity contribution is 6.27. The van der Waals surface area contributed by atoms with E-state index in [1.165, 1.54) is 111 Å². The van der Waals surface area contributed by atoms with Crippen molar-refractivity contribution in [2.45, 2.75) is 38.5 Å². The maximum Gasteiger partial charge on any atom is 0.0641 e. The van der Waals surface area contributed by atoms with Gasteiger partial charge in [-0.15, -0.1) is 0 Å². The van der Waals surface area contributed by atoms with Gasteiger partial charge in [0.05, 0.1) is 22.2 Å². The second-order valence-corrected chi connectivity index (χ2v) is 18.5. The van der Waals surface area contributed by atoms with Gasteiger partial charge in [0, 0.05) is 43.7 Å². The Bertz CT molecular complexity index is 3620. The van der Waals surface area contributed by atoms with E-state index in [0.29, 0.717) is 0 Å². The quantitative estimate of drug-likeness (QED) is 0.168. The number of para-hydroxylation sites is 2. The van der Waals surface area contributed by atoms with Gasteiger partial charge in [-0.1, -0.05) is 167 Å². The molecule has 0 radical (unpaired) electrons. The van der Waals surface area contributed by atoms with E-state index in [1.54, 1.807) is 0 Å². The molecule has 2 aromatic heterocycles. The lowest BCUT2D eigenvalue weighted by Gasteiger charge is -2.27. The first-order valence-corrected chi connectivity index (χ1v) is 21.9. The molecule has 2 nitrogen and oxygen atoms in total. The molecular weight excluding hydrogens is 749 g/mol. The summed E-state index contributed by atoms with van der Waals surface area (Å²) >= 11 is 0. The molecule has 0 saturated carbocycles. The van der Waals surface area contributed by atoms with Crippen LogP contribution in [0.3, 0.4) is 0 Å². The van der Waals surface area contributed by atoms with Crippen molar-refractivity contribution in [2.24, 2.45) is 0 Å². The van der Waals surface area contributed by atoms with Crippen LogP contribution < -0.4 is 4.90 Å². The monoisotopic (exact) mass is 792 g/mol. The Hall–Kier alpha value is -7.42. The summed E-state index contributed by atoms with van der Waals surface area (Å²) in [6.45, 7) is 9.41. The zero-order valence-electron chi connectivity index (χ0n) is 35.4. The van der Waals surface area contributed by atoms with E-state index in [2.05, 4.69) is 231 Å². The van der Waals surface area contributed by atoms with Crippen LogP contribution >= 0.6 is 0 Å². The minimum Gasteiger partial charge on any atom is -0.310 e. The van der Waals surface area contributed by atoms with Crippen LogP contribution in [-0.2, 0) is 10.8 Å². The van der Waals surface area contributed by atoms with Crippen LogP contribution in [0.25, 0.3) is 82.6 Å². The topological polar surface area (TPSA) is 7.65 Å². The first-order chi connectivity index (χ1) is 30.3. The van der Waals surface area contributed by atoms with Gasteiger partial charge in [-0.2, -0.15) is 0 Å². The van der Waals surface area contributed by atoms with Crippen LogP contribution in [0.5, 0.6) is 0 Å². The average Bonchev–Trinajstić information content (AvgIpc) is 3.98. The molecule has 0 atom stereocenters. The van der Waals surface area contributed by atoms with Crippen LogP contribution in [0, 0.1) is 0 Å². The van der Waals surface area contributed by atoms with Gasteiger partial charge in [-0.25, -0.2) is 0 Å². The molecule has 0 amide bonds. The SMILES string of the molecule is CC1(C)c2ccccc2-c2cc(-c3ccc(N(c4ccc(-c5ccc6c(c5)C(C)(C)c5ccccc5-6)cc4)c4ccc5c6ccccc6n6c7ccccc7c4c56)cc3)ccc21. The largest absolute Gasteiger partial charge is 0.310 e. The van der Waals surface area contributed by atoms with Gasteiger partial charge >= 0.3 is 0 Å². The van der Waals surface area contributed by atoms with E-state index in [0.717, 1.165) is 11.4 Å². The fourth-order valence-corrected chi connectivity index (χ4v) is 11.4. The Morgan fingerprint density at radius 2 is 0.839 bits per heavy atom. The molecular formula is C60H44N2. The number of aromatic nitrogens is 1. The van der Waals surface area contributed by atoms with Crippen LogP contribution in [0.15, 0.2) is 194 Å². The van der Waals surface area contributed by atoms with Crippen molar-refractivity contribution >= 4 is 55.2 Å². The molecule has 0 unspecified atom stereocenters. The number of benzene rings is 9. The van der Waals surface area contributed by atoms with Crippen LogP contribution in [0.4, 0.5) is 17.1 Å². The predicted octanol–water partition coefficient (Wildman–Crippen LogP) is 16.3. The van der Waals surface area contributed by atoms with Gasteiger partial charge in [0.15, 0.2) is 0 Å². The lowest BCUT2D eigenvalue weighted by molar-refractivity contribution is 0.660. The van der Waals surface area contributed by atoms with Gasteiger partial charge in [0.25, 0.3) is 0 Å². The zero-order chi connectivity index (χ0) is 41.5. The molecule has 0 aliphatic heterocycles. The van der Waals surface area contributed by atoms with E-state index in [9.17, 15) is 0 Å². The highest BCUT2D eigenvalue weighted by atomic mass is 15.1. The van der Waals surface area contributed by atoms with Gasteiger partial charge in [0.1, 0.15) is 0 Å². The van der Waals surface area contributed by atoms with Crippen molar-refractivity contribution in [3.63, 3.8) is 0 Å². The van der Waals surface area contributed by atoms with E-state index in [4.69, 9.17) is 0 Å². The molecule has 13 rings (SSSR count). The fourth-order valence-electron chi connectivity index (χ4n) is 11.4. The third-order valence-corrected chi connectivity index (χ3v) is 14.6. The minimum atomic E-state index is -0.0498. The number of rotatable bonds is 5. The number of fused-ring (bicyclic) bond motifs is 12. The summed E-state index contributed by atoms with van der Waals surface area (Å²) in [6, 6.07) is 72.7. The molecule has 294 valence electrons. The second-order valence-electron chi connectivity index (χ2n) is 18.5. The molecule has 0 N–H and O–H groups in total. The first-order valence-electron chi connectivity index (χ1n) is 21.9. The van der Waals surface area contributed by atoms with Crippen molar-refractivity contribution < 1.29 is 0 Å². The normalized spacial score (nSPS) is 14.4. The fraction of sp³-hybridized carbons (Fsp3) is 0.100. The molecule has 2 heterocycles. The van der Waals surface area contributed by atoms with Crippen molar-refractivity contribution in [1.82, 2.24) is 4.40 Å². The molecule has 2 heteroatoms. The summed E-state index contributed by atoms with van der Waals surface area (Å²) in [4.78, 5) is 2.47. The van der Waals surface area contributed by atoms with Gasteiger partial charge in [0.2, 0.25) is 0 Å². The summed E-state index contributed by atoms with van der Waals surface area (Å²) in [5.74, 6) is 0. The Labute approximate surface area is 362 Å². The lowest BCUT2D eigenvalue weighted by atomic mass is 9.81. The second kappa shape index (κ2) is 12.6. The smallest absolute Gasteiger partial charge is 0.0641 e. The summed E-state index contributed by atoms with van der Waals surface area (Å²) in [7, 11) is 0. The van der Waals surface area contributed by atoms with Crippen LogP contribution in [0.1, 0.15) is 49.9 Å². The average molecular weight is 793 g/mol. The Kier molecular flexibility index (Phi) is 7.16. The number of hydrogen-bond donors (Lipinski definition) is 0. The van der Waals surface area contributed by atoms with E-state index >= 15 is 0 Å². The number of anilines is 3. The Morgan fingerprint density at radius 3 is 1.52 bits per heavy atom. The summed E-state index contributed by atoms with van der Waals surface area (Å²) in [6.07, 6.45) is 0. The standard InChI is InChI=1S/C60H44N2/c1-59(2)51-18-10-6-14-44(51)49-35-39(26-33-52(49)59)37-21-27-41(28-22-37)61(56-34-32-47-46-15-7-11-19-54(46)62-55-20-12-8-16-48(55)57(56)58(47)62)42-29-23-38(24-30-42)40-25-31-45-43-13-5-9-17-50(43)60(3,4)53(45)36-40/h5-36H,1-4H3. The predicted molar refractivity (Wildman–Crippen MR) is 262 cm³/mol. The van der Waals surface area contributed by atoms with Crippen molar-refractivity contribution in [3.8, 4) is 44.5 Å². The molecule has 0 saturated heterocycles. The molecule has 0 bridgehead atoms. The van der Waals surface area contributed by atoms with Crippen molar-refractivity contribution in [3.05, 3.63) is 216 Å². The number of hydrogen-bond acceptors (Lipinski definition) is 1. The maximum atomic E-state index is 2.48. The van der Waals surface area contributed by atoms with Crippen molar-refractivity contribution in [2.75, 3.05) is 4.90 Å². The molecule has 0 fully saturated rings. The highest BCUT2D eigenvalue weighted by Gasteiger charge is 2.36. The third kappa shape index (κ3) is 4.75. The Morgan fingerprint density at radius 1 is 0.355 bits per heavy atom. The molecule has 9 aromatic carbocycles. The Balaban J connectivity index is 0.964. The molecule has 62 heavy (non-hydrogen) atoms. The van der Waals surface area contributed by atoms with E-state index in [1.807, 2.05) is 0 Å². The first kappa shape index (κ1) is 35.3. The van der Waals surface area contributed by atoms with E-state index < -0.39 is 0 Å². The minimum absolute atomic E-state index is 0.0137.